The van der Waals surface area contributed by atoms with Gasteiger partial charge in [-0.15, -0.1) is 0 Å². The fourth-order valence-corrected chi connectivity index (χ4v) is 7.36. The van der Waals surface area contributed by atoms with Gasteiger partial charge in [0.1, 0.15) is 6.61 Å². The second kappa shape index (κ2) is 5.84. The van der Waals surface area contributed by atoms with Crippen molar-refractivity contribution < 1.29 is 24.2 Å². The van der Waals surface area contributed by atoms with Gasteiger partial charge in [-0.25, -0.2) is 4.39 Å². The smallest absolute Gasteiger partial charge is 0.178 e. The number of Topliss-reactive ketones (excluding diaryl/α,β-unsaturated/α-hetero) is 1. The van der Waals surface area contributed by atoms with E-state index in [0.717, 1.165) is 12.0 Å². The van der Waals surface area contributed by atoms with Crippen LogP contribution in [0.3, 0.4) is 0 Å². The predicted octanol–water partition coefficient (Wildman–Crippen LogP) is 2.78. The number of aliphatic hydroxyl groups is 2. The Morgan fingerprint density at radius 2 is 2.04 bits per heavy atom. The molecule has 0 radical (unpaired) electrons. The van der Waals surface area contributed by atoms with Gasteiger partial charge in [-0.05, 0) is 62.0 Å². The number of alkyl halides is 1. The molecule has 0 amide bonds. The van der Waals surface area contributed by atoms with E-state index in [9.17, 15) is 19.8 Å². The second-order valence-electron chi connectivity index (χ2n) is 9.67. The van der Waals surface area contributed by atoms with Crippen molar-refractivity contribution in [1.82, 2.24) is 0 Å². The van der Waals surface area contributed by atoms with Crippen molar-refractivity contribution in [2.45, 2.75) is 58.2 Å². The third-order valence-corrected chi connectivity index (χ3v) is 8.48. The molecule has 148 valence electrons. The highest BCUT2D eigenvalue weighted by atomic mass is 19.1. The minimum atomic E-state index is -1.85. The van der Waals surface area contributed by atoms with Crippen molar-refractivity contribution in [1.29, 1.82) is 0 Å². The number of ketones is 2. The molecule has 0 aromatic carbocycles. The lowest BCUT2D eigenvalue weighted by molar-refractivity contribution is -0.195. The summed E-state index contributed by atoms with van der Waals surface area (Å²) in [5.41, 5.74) is -2.59. The van der Waals surface area contributed by atoms with Crippen LogP contribution in [-0.2, 0) is 9.59 Å². The van der Waals surface area contributed by atoms with E-state index in [1.54, 1.807) is 13.0 Å². The van der Waals surface area contributed by atoms with Gasteiger partial charge in [0.15, 0.2) is 17.2 Å². The van der Waals surface area contributed by atoms with Crippen LogP contribution in [0, 0.1) is 34.5 Å². The van der Waals surface area contributed by atoms with E-state index >= 15 is 4.39 Å². The Labute approximate surface area is 159 Å². The van der Waals surface area contributed by atoms with Gasteiger partial charge in [0.05, 0.1) is 6.10 Å². The normalized spacial score (nSPS) is 51.3. The van der Waals surface area contributed by atoms with Crippen LogP contribution in [-0.4, -0.2) is 40.2 Å². The molecule has 2 N–H and O–H groups in total. The number of aliphatic hydroxyl groups excluding tert-OH is 2. The minimum Gasteiger partial charge on any atom is -0.390 e. The lowest BCUT2D eigenvalue weighted by Crippen LogP contribution is -2.66. The first kappa shape index (κ1) is 19.0. The molecule has 27 heavy (non-hydrogen) atoms. The van der Waals surface area contributed by atoms with E-state index in [1.807, 2.05) is 13.8 Å². The highest BCUT2D eigenvalue weighted by Crippen LogP contribution is 2.69. The molecule has 0 spiro atoms. The number of carbonyl (C=O) groups is 2. The fourth-order valence-electron chi connectivity index (χ4n) is 7.36. The molecule has 1 unspecified atom stereocenters. The summed E-state index contributed by atoms with van der Waals surface area (Å²) in [7, 11) is 0. The maximum absolute atomic E-state index is 16.8. The highest BCUT2D eigenvalue weighted by molar-refractivity contribution is 6.01. The molecule has 0 heterocycles. The monoisotopic (exact) mass is 376 g/mol. The highest BCUT2D eigenvalue weighted by Gasteiger charge is 2.71. The van der Waals surface area contributed by atoms with Crippen molar-refractivity contribution in [3.05, 3.63) is 23.8 Å². The third-order valence-electron chi connectivity index (χ3n) is 8.48. The van der Waals surface area contributed by atoms with Crippen LogP contribution in [0.25, 0.3) is 0 Å². The van der Waals surface area contributed by atoms with Crippen LogP contribution in [0.4, 0.5) is 4.39 Å². The molecular formula is C22H29FO4. The van der Waals surface area contributed by atoms with Crippen molar-refractivity contribution in [2.75, 3.05) is 6.61 Å². The van der Waals surface area contributed by atoms with Gasteiger partial charge in [-0.3, -0.25) is 9.59 Å². The molecule has 0 aromatic heterocycles. The quantitative estimate of drug-likeness (QED) is 0.777. The molecule has 0 saturated heterocycles. The number of hydrogen-bond acceptors (Lipinski definition) is 4. The zero-order chi connectivity index (χ0) is 19.8. The average Bonchev–Trinajstić information content (AvgIpc) is 2.86. The molecule has 4 aliphatic rings. The molecule has 0 bridgehead atoms. The summed E-state index contributed by atoms with van der Waals surface area (Å²) >= 11 is 0. The van der Waals surface area contributed by atoms with Gasteiger partial charge < -0.3 is 10.2 Å². The molecule has 4 nitrogen and oxygen atoms in total. The standard InChI is InChI=1S/C22H29FO4/c1-12-8-16-15-5-4-13-9-14(25)6-7-21(13,3)22(15,23)18(27)10-20(16,2)19(12)17(26)11-24/h6-7,9,12,15-16,18-19,24,27H,4-5,8,10-11H2,1-3H3/t12-,15+,16?,18+,19-,20+,21+,22+/m1/s1. The molecule has 4 aliphatic carbocycles. The summed E-state index contributed by atoms with van der Waals surface area (Å²) < 4.78 is 16.8. The Morgan fingerprint density at radius 3 is 2.70 bits per heavy atom. The van der Waals surface area contributed by atoms with Crippen LogP contribution in [0.1, 0.15) is 46.5 Å². The van der Waals surface area contributed by atoms with Gasteiger partial charge >= 0.3 is 0 Å². The Bertz CT molecular complexity index is 757. The van der Waals surface area contributed by atoms with Crippen LogP contribution in [0.5, 0.6) is 0 Å². The second-order valence-corrected chi connectivity index (χ2v) is 9.67. The number of carbonyl (C=O) groups excluding carboxylic acids is 2. The topological polar surface area (TPSA) is 74.6 Å². The third kappa shape index (κ3) is 2.21. The molecule has 0 aromatic rings. The first-order valence-electron chi connectivity index (χ1n) is 10.0. The van der Waals surface area contributed by atoms with Gasteiger partial charge in [0.25, 0.3) is 0 Å². The summed E-state index contributed by atoms with van der Waals surface area (Å²) in [6, 6.07) is 0. The Hall–Kier alpha value is -1.33. The van der Waals surface area contributed by atoms with E-state index in [4.69, 9.17) is 0 Å². The summed E-state index contributed by atoms with van der Waals surface area (Å²) in [6.45, 7) is 5.29. The van der Waals surface area contributed by atoms with Gasteiger partial charge in [-0.1, -0.05) is 25.5 Å². The first-order valence-corrected chi connectivity index (χ1v) is 10.0. The summed E-state index contributed by atoms with van der Waals surface area (Å²) in [5, 5.41) is 20.6. The zero-order valence-corrected chi connectivity index (χ0v) is 16.2. The van der Waals surface area contributed by atoms with E-state index in [-0.39, 0.29) is 41.7 Å². The van der Waals surface area contributed by atoms with E-state index in [2.05, 4.69) is 0 Å². The van der Waals surface area contributed by atoms with Gasteiger partial charge in [-0.2, -0.15) is 0 Å². The SMILES string of the molecule is C[C@@H]1CC2[C@@H]3CCC4=CC(=O)C=C[C@]4(C)[C@@]3(F)[C@@H](O)C[C@]2(C)[C@H]1C(=O)CO. The Kier molecular flexibility index (Phi) is 4.11. The van der Waals surface area contributed by atoms with Crippen LogP contribution >= 0.6 is 0 Å². The van der Waals surface area contributed by atoms with Gasteiger partial charge in [0, 0.05) is 17.3 Å². The Balaban J connectivity index is 1.80. The maximum Gasteiger partial charge on any atom is 0.178 e. The summed E-state index contributed by atoms with van der Waals surface area (Å²) in [4.78, 5) is 24.3. The number of fused-ring (bicyclic) bond motifs is 5. The molecule has 8 atom stereocenters. The van der Waals surface area contributed by atoms with Crippen molar-refractivity contribution in [3.8, 4) is 0 Å². The fraction of sp³-hybridized carbons (Fsp3) is 0.727. The zero-order valence-electron chi connectivity index (χ0n) is 16.2. The minimum absolute atomic E-state index is 0.0224. The number of halogens is 1. The van der Waals surface area contributed by atoms with Crippen LogP contribution in [0.2, 0.25) is 0 Å². The van der Waals surface area contributed by atoms with Crippen molar-refractivity contribution in [3.63, 3.8) is 0 Å². The lowest BCUT2D eigenvalue weighted by atomic mass is 9.45. The Morgan fingerprint density at radius 1 is 1.33 bits per heavy atom. The summed E-state index contributed by atoms with van der Waals surface area (Å²) in [6.07, 6.45) is 5.53. The maximum atomic E-state index is 16.8. The van der Waals surface area contributed by atoms with Crippen molar-refractivity contribution >= 4 is 11.6 Å². The lowest BCUT2D eigenvalue weighted by Gasteiger charge is -2.62. The molecule has 3 saturated carbocycles. The van der Waals surface area contributed by atoms with Crippen molar-refractivity contribution in [2.24, 2.45) is 34.5 Å². The first-order chi connectivity index (χ1) is 12.6. The molecule has 5 heteroatoms. The van der Waals surface area contributed by atoms with E-state index in [0.29, 0.717) is 12.8 Å². The summed E-state index contributed by atoms with van der Waals surface area (Å²) in [5.74, 6) is -1.00. The van der Waals surface area contributed by atoms with Crippen LogP contribution in [0.15, 0.2) is 23.8 Å². The molecule has 0 aliphatic heterocycles. The molecule has 4 rings (SSSR count). The molecular weight excluding hydrogens is 347 g/mol. The van der Waals surface area contributed by atoms with Crippen LogP contribution < -0.4 is 0 Å². The van der Waals surface area contributed by atoms with Gasteiger partial charge in [0.2, 0.25) is 0 Å². The number of allylic oxidation sites excluding steroid dienone is 4. The number of hydrogen-bond donors (Lipinski definition) is 2. The van der Waals surface area contributed by atoms with E-state index in [1.165, 1.54) is 12.2 Å². The predicted molar refractivity (Wildman–Crippen MR) is 98.5 cm³/mol. The largest absolute Gasteiger partial charge is 0.390 e. The number of rotatable bonds is 2. The molecule has 3 fully saturated rings. The average molecular weight is 376 g/mol. The van der Waals surface area contributed by atoms with E-state index < -0.39 is 29.2 Å².